The standard InChI is InChI=1S/2C13H21.2C9H7.2C8H8.2ClH.2Zr/c2*1-12(2,3)10-8-7-9-11(10)13(4,5)6;2*1-2-5-9-7-3-6-8(9)4-1;2*1-2-8-6-4-3-5-7-8;;;;/h2*8H,9H2,1-6H3;2*1-7H;2*3-7H,1H3;2*1H;;/q4*-1;;;;;2*+2/p-2. The molecule has 2 aliphatic carbocycles. The van der Waals surface area contributed by atoms with E-state index in [4.69, 9.17) is 0 Å². The summed E-state index contributed by atoms with van der Waals surface area (Å²) in [7, 11) is 0. The molecule has 0 nitrogen and oxygen atoms in total. The van der Waals surface area contributed by atoms with Gasteiger partial charge >= 0.3 is 141 Å². The third-order valence-corrected chi connectivity index (χ3v) is 12.1. The Morgan fingerprint density at radius 2 is 0.719 bits per heavy atom. The van der Waals surface area contributed by atoms with Crippen LogP contribution in [0.4, 0.5) is 0 Å². The van der Waals surface area contributed by atoms with Crippen molar-refractivity contribution in [3.63, 3.8) is 0 Å². The topological polar surface area (TPSA) is 0 Å². The maximum Gasteiger partial charge on any atom is -0.0809 e. The second-order valence-corrected chi connectivity index (χ2v) is 23.8. The van der Waals surface area contributed by atoms with Gasteiger partial charge < -0.3 is 24.8 Å². The predicted octanol–water partition coefficient (Wildman–Crippen LogP) is 10.9. The first-order chi connectivity index (χ1) is 29.0. The van der Waals surface area contributed by atoms with Gasteiger partial charge in [-0.15, -0.1) is 72.1 Å². The fourth-order valence-electron chi connectivity index (χ4n) is 7.07. The van der Waals surface area contributed by atoms with E-state index in [-0.39, 0.29) is 35.6 Å². The number of benzene rings is 4. The smallest absolute Gasteiger partial charge is 0.0809 e. The van der Waals surface area contributed by atoms with Crippen LogP contribution in [0.25, 0.3) is 21.5 Å². The molecule has 8 rings (SSSR count). The van der Waals surface area contributed by atoms with E-state index in [0.717, 1.165) is 12.8 Å². The van der Waals surface area contributed by atoms with Gasteiger partial charge in [-0.1, -0.05) is 106 Å². The Hall–Kier alpha value is -2.85. The summed E-state index contributed by atoms with van der Waals surface area (Å²) >= 11 is 3.01. The Morgan fingerprint density at radius 3 is 0.953 bits per heavy atom. The summed E-state index contributed by atoms with van der Waals surface area (Å²) < 4.78 is 2.92. The number of allylic oxidation sites excluding steroid dienone is 8. The van der Waals surface area contributed by atoms with Gasteiger partial charge in [0.1, 0.15) is 0 Å². The zero-order valence-electron chi connectivity index (χ0n) is 41.2. The Bertz CT molecular complexity index is 2190. The summed E-state index contributed by atoms with van der Waals surface area (Å²) in [5.41, 5.74) is 9.95. The van der Waals surface area contributed by atoms with Crippen molar-refractivity contribution in [1.29, 1.82) is 0 Å². The van der Waals surface area contributed by atoms with Crippen LogP contribution in [0, 0.1) is 33.8 Å². The molecule has 0 heterocycles. The van der Waals surface area contributed by atoms with Crippen LogP contribution in [0.3, 0.4) is 0 Å². The van der Waals surface area contributed by atoms with Crippen LogP contribution in [0.15, 0.2) is 180 Å². The van der Waals surface area contributed by atoms with Crippen molar-refractivity contribution in [2.75, 3.05) is 0 Å². The molecule has 0 bridgehead atoms. The SMILES string of the molecule is CC(C)(C)C1=C(C(C)(C)C)C[C-]=C1.CC(C)(C)C1=C(C(C)(C)C)C[C-]=C1.C[C](=[Zr+2])c1ccccc1.C[C](=[Zr+2])c1ccccc1.[Cl-].[Cl-].c1ccc2[cH-]ccc2c1.c1ccc2[cH-]ccc2c1. The Balaban J connectivity index is 0.000000384. The molecule has 0 aromatic heterocycles. The van der Waals surface area contributed by atoms with E-state index in [1.54, 1.807) is 11.1 Å². The maximum atomic E-state index is 3.34. The zero-order chi connectivity index (χ0) is 46.1. The van der Waals surface area contributed by atoms with E-state index in [9.17, 15) is 0 Å². The van der Waals surface area contributed by atoms with Crippen molar-refractivity contribution in [3.05, 3.63) is 203 Å². The first-order valence-corrected chi connectivity index (χ1v) is 24.5. The number of rotatable bonds is 2. The molecule has 0 N–H and O–H groups in total. The first kappa shape index (κ1) is 59.2. The average Bonchev–Trinajstić information content (AvgIpc) is 4.06. The average molecular weight is 1050 g/mol. The van der Waals surface area contributed by atoms with E-state index < -0.39 is 0 Å². The zero-order valence-corrected chi connectivity index (χ0v) is 47.6. The van der Waals surface area contributed by atoms with Crippen LogP contribution in [0.1, 0.15) is 121 Å². The van der Waals surface area contributed by atoms with E-state index in [0.29, 0.717) is 10.8 Å². The van der Waals surface area contributed by atoms with Crippen LogP contribution >= 0.6 is 0 Å². The fraction of sp³-hybridized carbons (Fsp3) is 0.333. The molecule has 0 saturated heterocycles. The van der Waals surface area contributed by atoms with Crippen LogP contribution in [0.2, 0.25) is 0 Å². The maximum absolute atomic E-state index is 3.34. The van der Waals surface area contributed by atoms with E-state index in [1.165, 1.54) is 98.7 Å². The number of halogens is 2. The molecule has 0 atom stereocenters. The van der Waals surface area contributed by atoms with Crippen molar-refractivity contribution in [1.82, 2.24) is 0 Å². The molecule has 64 heavy (non-hydrogen) atoms. The molecule has 6 aromatic carbocycles. The molecule has 336 valence electrons. The monoisotopic (exact) mass is 1040 g/mol. The summed E-state index contributed by atoms with van der Waals surface area (Å²) in [6, 6.07) is 50.3. The molecule has 4 heteroatoms. The summed E-state index contributed by atoms with van der Waals surface area (Å²) in [5.74, 6) is 0. The van der Waals surface area contributed by atoms with Crippen molar-refractivity contribution >= 4 is 28.0 Å². The predicted molar refractivity (Wildman–Crippen MR) is 268 cm³/mol. The van der Waals surface area contributed by atoms with Gasteiger partial charge in [-0.25, -0.2) is 12.2 Å². The molecule has 0 unspecified atom stereocenters. The van der Waals surface area contributed by atoms with Crippen molar-refractivity contribution in [3.8, 4) is 0 Å². The second-order valence-electron chi connectivity index (χ2n) is 20.1. The minimum absolute atomic E-state index is 0. The van der Waals surface area contributed by atoms with E-state index in [2.05, 4.69) is 255 Å². The van der Waals surface area contributed by atoms with Gasteiger partial charge in [0.15, 0.2) is 0 Å². The molecule has 0 aliphatic heterocycles. The van der Waals surface area contributed by atoms with Gasteiger partial charge in [0.05, 0.1) is 0 Å². The summed E-state index contributed by atoms with van der Waals surface area (Å²) in [4.78, 5) is 0. The summed E-state index contributed by atoms with van der Waals surface area (Å²) in [6.07, 6.45) is 13.1. The largest absolute Gasteiger partial charge is 1.00 e. The van der Waals surface area contributed by atoms with E-state index in [1.807, 2.05) is 12.1 Å². The van der Waals surface area contributed by atoms with Gasteiger partial charge in [-0.05, 0) is 10.8 Å². The van der Waals surface area contributed by atoms with Gasteiger partial charge in [0.25, 0.3) is 0 Å². The molecule has 0 spiro atoms. The Labute approximate surface area is 432 Å². The number of hydrogen-bond acceptors (Lipinski definition) is 0. The quantitative estimate of drug-likeness (QED) is 0.152. The first-order valence-electron chi connectivity index (χ1n) is 22.0. The van der Waals surface area contributed by atoms with E-state index >= 15 is 0 Å². The third-order valence-electron chi connectivity index (χ3n) is 10.6. The molecular formula is C60H72Cl2Zr2-2. The van der Waals surface area contributed by atoms with Gasteiger partial charge in [-0.3, -0.25) is 12.2 Å². The fourth-order valence-corrected chi connectivity index (χ4v) is 7.89. The molecule has 0 amide bonds. The minimum atomic E-state index is 0. The normalized spacial score (nSPS) is 13.0. The molecule has 6 aromatic rings. The van der Waals surface area contributed by atoms with Gasteiger partial charge in [0, 0.05) is 0 Å². The van der Waals surface area contributed by atoms with Crippen molar-refractivity contribution in [2.24, 2.45) is 21.7 Å². The molecule has 0 radical (unpaired) electrons. The molecular weight excluding hydrogens is 974 g/mol. The number of fused-ring (bicyclic) bond motifs is 2. The Kier molecular flexibility index (Phi) is 25.6. The van der Waals surface area contributed by atoms with Gasteiger partial charge in [0.2, 0.25) is 0 Å². The molecule has 0 fully saturated rings. The summed E-state index contributed by atoms with van der Waals surface area (Å²) in [5, 5.41) is 5.32. The summed E-state index contributed by atoms with van der Waals surface area (Å²) in [6.45, 7) is 31.7. The van der Waals surface area contributed by atoms with Crippen LogP contribution < -0.4 is 24.8 Å². The molecule has 0 saturated carbocycles. The second kappa shape index (κ2) is 27.7. The van der Waals surface area contributed by atoms with Crippen LogP contribution in [0.5, 0.6) is 0 Å². The van der Waals surface area contributed by atoms with Gasteiger partial charge in [-0.2, -0.15) is 57.3 Å². The van der Waals surface area contributed by atoms with Crippen LogP contribution in [-0.4, -0.2) is 6.41 Å². The number of hydrogen-bond donors (Lipinski definition) is 0. The molecule has 2 aliphatic rings. The van der Waals surface area contributed by atoms with Crippen molar-refractivity contribution < 1.29 is 73.3 Å². The minimum Gasteiger partial charge on any atom is -1.00 e. The Morgan fingerprint density at radius 1 is 0.422 bits per heavy atom. The third kappa shape index (κ3) is 20.3. The van der Waals surface area contributed by atoms with Crippen molar-refractivity contribution in [2.45, 2.75) is 110 Å². The van der Waals surface area contributed by atoms with Crippen LogP contribution in [-0.2, 0) is 48.5 Å².